The van der Waals surface area contributed by atoms with Crippen molar-refractivity contribution in [1.82, 2.24) is 0 Å². The number of fused-ring (bicyclic) bond motifs is 1. The summed E-state index contributed by atoms with van der Waals surface area (Å²) >= 11 is 1.77. The Morgan fingerprint density at radius 2 is 1.37 bits per heavy atom. The van der Waals surface area contributed by atoms with Crippen LogP contribution < -0.4 is 14.2 Å². The zero-order chi connectivity index (χ0) is 18.8. The molecule has 0 saturated carbocycles. The molecule has 0 aliphatic carbocycles. The lowest BCUT2D eigenvalue weighted by Crippen LogP contribution is -1.91. The predicted molar refractivity (Wildman–Crippen MR) is 112 cm³/mol. The van der Waals surface area contributed by atoms with E-state index in [9.17, 15) is 0 Å². The Labute approximate surface area is 162 Å². The molecule has 136 valence electrons. The molecule has 0 unspecified atom stereocenters. The number of methoxy groups -OCH3 is 3. The van der Waals surface area contributed by atoms with E-state index in [1.54, 1.807) is 32.7 Å². The third-order valence-corrected chi connectivity index (χ3v) is 5.82. The van der Waals surface area contributed by atoms with Crippen molar-refractivity contribution in [1.29, 1.82) is 0 Å². The van der Waals surface area contributed by atoms with E-state index in [4.69, 9.17) is 14.2 Å². The SMILES string of the molecule is COc1ccc(-c2c(-c3ccccc3OC)sc3ccccc23)cc1OC. The van der Waals surface area contributed by atoms with Crippen LogP contribution in [0.15, 0.2) is 66.7 Å². The molecule has 3 aromatic carbocycles. The van der Waals surface area contributed by atoms with E-state index >= 15 is 0 Å². The minimum Gasteiger partial charge on any atom is -0.496 e. The molecule has 4 heteroatoms. The standard InChI is InChI=1S/C23H20O3S/c1-24-18-10-6-4-8-16(18)23-22(17-9-5-7-11-21(17)27-23)15-12-13-19(25-2)20(14-15)26-3/h4-14H,1-3H3. The van der Waals surface area contributed by atoms with Crippen LogP contribution in [0.4, 0.5) is 0 Å². The largest absolute Gasteiger partial charge is 0.496 e. The zero-order valence-corrected chi connectivity index (χ0v) is 16.3. The molecule has 27 heavy (non-hydrogen) atoms. The molecule has 0 spiro atoms. The van der Waals surface area contributed by atoms with Gasteiger partial charge in [0.2, 0.25) is 0 Å². The van der Waals surface area contributed by atoms with Gasteiger partial charge >= 0.3 is 0 Å². The summed E-state index contributed by atoms with van der Waals surface area (Å²) in [4.78, 5) is 1.18. The lowest BCUT2D eigenvalue weighted by molar-refractivity contribution is 0.355. The highest BCUT2D eigenvalue weighted by Crippen LogP contribution is 2.48. The van der Waals surface area contributed by atoms with Gasteiger partial charge in [-0.05, 0) is 35.9 Å². The van der Waals surface area contributed by atoms with Gasteiger partial charge < -0.3 is 14.2 Å². The molecule has 0 atom stereocenters. The Bertz CT molecular complexity index is 1100. The molecule has 3 nitrogen and oxygen atoms in total. The fourth-order valence-electron chi connectivity index (χ4n) is 3.35. The summed E-state index contributed by atoms with van der Waals surface area (Å²) in [5.74, 6) is 2.31. The maximum Gasteiger partial charge on any atom is 0.161 e. The summed E-state index contributed by atoms with van der Waals surface area (Å²) in [7, 11) is 5.02. The summed E-state index contributed by atoms with van der Waals surface area (Å²) in [6.45, 7) is 0. The number of benzene rings is 3. The van der Waals surface area contributed by atoms with Crippen molar-refractivity contribution in [2.75, 3.05) is 21.3 Å². The van der Waals surface area contributed by atoms with E-state index in [2.05, 4.69) is 36.4 Å². The minimum absolute atomic E-state index is 0.719. The molecule has 1 aromatic heterocycles. The summed E-state index contributed by atoms with van der Waals surface area (Å²) in [6.07, 6.45) is 0. The van der Waals surface area contributed by atoms with Gasteiger partial charge in [0.1, 0.15) is 5.75 Å². The Morgan fingerprint density at radius 3 is 2.15 bits per heavy atom. The van der Waals surface area contributed by atoms with Crippen molar-refractivity contribution < 1.29 is 14.2 Å². The molecule has 0 aliphatic rings. The average molecular weight is 376 g/mol. The number of thiophene rings is 1. The quantitative estimate of drug-likeness (QED) is 0.411. The molecular weight excluding hydrogens is 356 g/mol. The topological polar surface area (TPSA) is 27.7 Å². The second-order valence-corrected chi connectivity index (χ2v) is 7.12. The smallest absolute Gasteiger partial charge is 0.161 e. The van der Waals surface area contributed by atoms with Crippen molar-refractivity contribution in [2.24, 2.45) is 0 Å². The second-order valence-electron chi connectivity index (χ2n) is 6.07. The van der Waals surface area contributed by atoms with Crippen molar-refractivity contribution in [2.45, 2.75) is 0 Å². The second kappa shape index (κ2) is 7.33. The van der Waals surface area contributed by atoms with Crippen molar-refractivity contribution >= 4 is 21.4 Å². The number of para-hydroxylation sites is 1. The van der Waals surface area contributed by atoms with E-state index in [0.717, 1.165) is 28.4 Å². The zero-order valence-electron chi connectivity index (χ0n) is 15.5. The van der Waals surface area contributed by atoms with Crippen LogP contribution in [0.2, 0.25) is 0 Å². The van der Waals surface area contributed by atoms with Crippen LogP contribution in [0.1, 0.15) is 0 Å². The predicted octanol–water partition coefficient (Wildman–Crippen LogP) is 6.26. The van der Waals surface area contributed by atoms with Crippen LogP contribution in [-0.4, -0.2) is 21.3 Å². The first-order chi connectivity index (χ1) is 13.3. The first-order valence-electron chi connectivity index (χ1n) is 8.64. The van der Waals surface area contributed by atoms with E-state index < -0.39 is 0 Å². The van der Waals surface area contributed by atoms with E-state index in [1.165, 1.54) is 20.5 Å². The minimum atomic E-state index is 0.719. The van der Waals surface area contributed by atoms with Gasteiger partial charge in [0.15, 0.2) is 11.5 Å². The number of hydrogen-bond donors (Lipinski definition) is 0. The fourth-order valence-corrected chi connectivity index (χ4v) is 4.60. The van der Waals surface area contributed by atoms with Crippen molar-refractivity contribution in [3.05, 3.63) is 66.7 Å². The molecule has 0 saturated heterocycles. The van der Waals surface area contributed by atoms with Gasteiger partial charge in [-0.25, -0.2) is 0 Å². The highest BCUT2D eigenvalue weighted by molar-refractivity contribution is 7.23. The molecule has 4 rings (SSSR count). The number of hydrogen-bond acceptors (Lipinski definition) is 4. The normalized spacial score (nSPS) is 10.8. The molecule has 0 aliphatic heterocycles. The van der Waals surface area contributed by atoms with E-state index in [0.29, 0.717) is 0 Å². The van der Waals surface area contributed by atoms with E-state index in [-0.39, 0.29) is 0 Å². The molecule has 1 heterocycles. The maximum absolute atomic E-state index is 5.63. The van der Waals surface area contributed by atoms with Gasteiger partial charge in [0.25, 0.3) is 0 Å². The molecular formula is C23H20O3S. The monoisotopic (exact) mass is 376 g/mol. The van der Waals surface area contributed by atoms with Crippen LogP contribution in [0.25, 0.3) is 31.7 Å². The van der Waals surface area contributed by atoms with Crippen LogP contribution in [-0.2, 0) is 0 Å². The molecule has 0 bridgehead atoms. The Kier molecular flexibility index (Phi) is 4.73. The number of rotatable bonds is 5. The molecule has 0 amide bonds. The fraction of sp³-hybridized carbons (Fsp3) is 0.130. The maximum atomic E-state index is 5.63. The highest BCUT2D eigenvalue weighted by Gasteiger charge is 2.19. The Morgan fingerprint density at radius 1 is 0.667 bits per heavy atom. The summed E-state index contributed by atoms with van der Waals surface area (Å²) in [5.41, 5.74) is 3.36. The van der Waals surface area contributed by atoms with Gasteiger partial charge in [-0.3, -0.25) is 0 Å². The first-order valence-corrected chi connectivity index (χ1v) is 9.45. The Hall–Kier alpha value is -2.98. The molecule has 4 aromatic rings. The lowest BCUT2D eigenvalue weighted by atomic mass is 9.98. The van der Waals surface area contributed by atoms with Crippen molar-refractivity contribution in [3.63, 3.8) is 0 Å². The van der Waals surface area contributed by atoms with Crippen LogP contribution >= 0.6 is 11.3 Å². The van der Waals surface area contributed by atoms with Gasteiger partial charge in [0, 0.05) is 26.1 Å². The van der Waals surface area contributed by atoms with Gasteiger partial charge in [0.05, 0.1) is 21.3 Å². The third-order valence-electron chi connectivity index (χ3n) is 4.62. The third kappa shape index (κ3) is 3.02. The summed E-state index contributed by atoms with van der Waals surface area (Å²) < 4.78 is 17.8. The summed E-state index contributed by atoms with van der Waals surface area (Å²) in [6, 6.07) is 22.7. The van der Waals surface area contributed by atoms with Gasteiger partial charge in [-0.2, -0.15) is 0 Å². The van der Waals surface area contributed by atoms with Crippen LogP contribution in [0.3, 0.4) is 0 Å². The average Bonchev–Trinajstić information content (AvgIpc) is 3.12. The van der Waals surface area contributed by atoms with Gasteiger partial charge in [-0.15, -0.1) is 11.3 Å². The molecule has 0 radical (unpaired) electrons. The lowest BCUT2D eigenvalue weighted by Gasteiger charge is -2.12. The first kappa shape index (κ1) is 17.4. The van der Waals surface area contributed by atoms with Crippen LogP contribution in [0, 0.1) is 0 Å². The van der Waals surface area contributed by atoms with Gasteiger partial charge in [-0.1, -0.05) is 36.4 Å². The van der Waals surface area contributed by atoms with Crippen LogP contribution in [0.5, 0.6) is 17.2 Å². The highest BCUT2D eigenvalue weighted by atomic mass is 32.1. The number of ether oxygens (including phenoxy) is 3. The summed E-state index contributed by atoms with van der Waals surface area (Å²) in [5, 5.41) is 1.22. The van der Waals surface area contributed by atoms with Crippen molar-refractivity contribution in [3.8, 4) is 38.8 Å². The Balaban J connectivity index is 2.03. The molecule has 0 N–H and O–H groups in total. The van der Waals surface area contributed by atoms with E-state index in [1.807, 2.05) is 30.3 Å². The molecule has 0 fully saturated rings.